The molecule has 4 aliphatic rings. The van der Waals surface area contributed by atoms with E-state index in [2.05, 4.69) is 0 Å². The van der Waals surface area contributed by atoms with Crippen molar-refractivity contribution in [1.82, 2.24) is 14.7 Å². The number of ether oxygens (including phenoxy) is 1. The van der Waals surface area contributed by atoms with Gasteiger partial charge in [-0.1, -0.05) is 35.4 Å². The predicted octanol–water partition coefficient (Wildman–Crippen LogP) is 5.84. The molecule has 0 spiro atoms. The zero-order chi connectivity index (χ0) is 34.0. The number of rotatable bonds is 4. The normalized spacial score (nSPS) is 28.2. The SMILES string of the molecule is COc1cccc([C@H]2C3=CC[C@@H]4C(=O)N(C)C(=O)[C@@H]4[C@@H]3C[C@H]3C(=O)N(c4cc(-c5sc6ccc(Cl)cc6c5C)nn4C)C(=O)[C@@]23C)c1O. The highest BCUT2D eigenvalue weighted by molar-refractivity contribution is 7.22. The summed E-state index contributed by atoms with van der Waals surface area (Å²) in [6, 6.07) is 12.6. The Morgan fingerprint density at radius 2 is 1.81 bits per heavy atom. The van der Waals surface area contributed by atoms with Crippen LogP contribution in [0.25, 0.3) is 20.7 Å². The average Bonchev–Trinajstić information content (AvgIpc) is 3.72. The molecule has 0 unspecified atom stereocenters. The van der Waals surface area contributed by atoms with Crippen LogP contribution in [0.4, 0.5) is 5.82 Å². The van der Waals surface area contributed by atoms with Crippen LogP contribution in [0.1, 0.15) is 36.8 Å². The van der Waals surface area contributed by atoms with E-state index in [0.29, 0.717) is 28.5 Å². The number of para-hydroxylation sites is 1. The van der Waals surface area contributed by atoms with Crippen molar-refractivity contribution in [2.24, 2.45) is 36.1 Å². The number of hydrogen-bond acceptors (Lipinski definition) is 8. The second kappa shape index (κ2) is 10.5. The van der Waals surface area contributed by atoms with Gasteiger partial charge in [0.1, 0.15) is 11.5 Å². The van der Waals surface area contributed by atoms with Gasteiger partial charge in [0.25, 0.3) is 0 Å². The standard InChI is InChI=1S/C36H33ClN4O6S/c1-16-21-13-17(37)9-12-26(21)48-31(16)24-15-27(40(4)38-24)41-33(44)23-14-22-18(10-11-19-28(22)34(45)39(3)32(19)43)29(36(23,2)35(41)46)20-7-6-8-25(47-5)30(20)42/h6-10,12-13,15,19,22-23,28-29,42H,11,14H2,1-5H3/t19-,22+,23-,28-,29+,36+/m0/s1. The molecule has 4 heterocycles. The van der Waals surface area contributed by atoms with Gasteiger partial charge in [-0.05, 0) is 67.8 Å². The van der Waals surface area contributed by atoms with Gasteiger partial charge in [-0.15, -0.1) is 11.3 Å². The van der Waals surface area contributed by atoms with E-state index in [-0.39, 0.29) is 29.7 Å². The number of amides is 4. The number of aromatic nitrogens is 2. The Morgan fingerprint density at radius 1 is 1.04 bits per heavy atom. The summed E-state index contributed by atoms with van der Waals surface area (Å²) in [7, 11) is 4.66. The number of aryl methyl sites for hydroxylation is 2. The van der Waals surface area contributed by atoms with Crippen molar-refractivity contribution in [3.8, 4) is 22.1 Å². The summed E-state index contributed by atoms with van der Waals surface area (Å²) >= 11 is 7.85. The first-order chi connectivity index (χ1) is 22.9. The molecule has 0 radical (unpaired) electrons. The Kier molecular flexibility index (Phi) is 6.75. The number of aromatic hydroxyl groups is 1. The number of phenols is 1. The first-order valence-electron chi connectivity index (χ1n) is 15.9. The molecule has 12 heteroatoms. The number of imide groups is 2. The average molecular weight is 685 g/mol. The van der Waals surface area contributed by atoms with Crippen LogP contribution in [-0.2, 0) is 26.2 Å². The molecule has 0 bridgehead atoms. The summed E-state index contributed by atoms with van der Waals surface area (Å²) in [4.78, 5) is 59.5. The maximum Gasteiger partial charge on any atom is 0.242 e. The van der Waals surface area contributed by atoms with E-state index in [9.17, 15) is 24.3 Å². The molecule has 4 aromatic rings. The molecule has 48 heavy (non-hydrogen) atoms. The number of phenolic OH excluding ortho intramolecular Hbond substituents is 1. The maximum atomic E-state index is 14.9. The summed E-state index contributed by atoms with van der Waals surface area (Å²) in [5.41, 5.74) is 1.55. The molecule has 1 saturated carbocycles. The summed E-state index contributed by atoms with van der Waals surface area (Å²) in [5, 5.41) is 17.9. The molecule has 8 rings (SSSR count). The Labute approximate surface area is 285 Å². The van der Waals surface area contributed by atoms with E-state index in [4.69, 9.17) is 21.4 Å². The topological polar surface area (TPSA) is 122 Å². The number of likely N-dealkylation sites (tertiary alicyclic amines) is 1. The van der Waals surface area contributed by atoms with Crippen molar-refractivity contribution in [3.05, 3.63) is 70.3 Å². The molecular formula is C36H33ClN4O6S. The van der Waals surface area contributed by atoms with E-state index in [0.717, 1.165) is 26.1 Å². The van der Waals surface area contributed by atoms with Crippen LogP contribution in [-0.4, -0.2) is 57.6 Å². The highest BCUT2D eigenvalue weighted by Gasteiger charge is 2.68. The third-order valence-electron chi connectivity index (χ3n) is 11.3. The Hall–Kier alpha value is -4.48. The van der Waals surface area contributed by atoms with Gasteiger partial charge in [0.15, 0.2) is 11.5 Å². The third-order valence-corrected chi connectivity index (χ3v) is 12.8. The number of thiophene rings is 1. The molecular weight excluding hydrogens is 652 g/mol. The van der Waals surface area contributed by atoms with Crippen molar-refractivity contribution in [3.63, 3.8) is 0 Å². The third kappa shape index (κ3) is 3.94. The van der Waals surface area contributed by atoms with Crippen LogP contribution in [0.2, 0.25) is 5.02 Å². The summed E-state index contributed by atoms with van der Waals surface area (Å²) < 4.78 is 8.05. The van der Waals surface area contributed by atoms with Crippen LogP contribution in [0.5, 0.6) is 11.5 Å². The molecule has 6 atom stereocenters. The second-order valence-corrected chi connectivity index (χ2v) is 15.0. The van der Waals surface area contributed by atoms with E-state index in [1.54, 1.807) is 54.3 Å². The minimum Gasteiger partial charge on any atom is -0.504 e. The van der Waals surface area contributed by atoms with Gasteiger partial charge >= 0.3 is 0 Å². The predicted molar refractivity (Wildman–Crippen MR) is 181 cm³/mol. The summed E-state index contributed by atoms with van der Waals surface area (Å²) in [6.07, 6.45) is 2.52. The Morgan fingerprint density at radius 3 is 2.56 bits per heavy atom. The Bertz CT molecular complexity index is 2150. The zero-order valence-corrected chi connectivity index (χ0v) is 28.6. The molecule has 2 aliphatic heterocycles. The fraction of sp³-hybridized carbons (Fsp3) is 0.361. The fourth-order valence-electron chi connectivity index (χ4n) is 8.89. The molecule has 2 aromatic heterocycles. The first kappa shape index (κ1) is 30.8. The van der Waals surface area contributed by atoms with Crippen molar-refractivity contribution >= 4 is 62.5 Å². The van der Waals surface area contributed by atoms with Crippen LogP contribution < -0.4 is 9.64 Å². The number of hydrogen-bond donors (Lipinski definition) is 1. The molecule has 2 saturated heterocycles. The van der Waals surface area contributed by atoms with Crippen molar-refractivity contribution < 1.29 is 29.0 Å². The molecule has 246 valence electrons. The minimum atomic E-state index is -1.32. The van der Waals surface area contributed by atoms with Crippen molar-refractivity contribution in [2.45, 2.75) is 32.6 Å². The molecule has 1 N–H and O–H groups in total. The number of carbonyl (C=O) groups excluding carboxylic acids is 4. The highest BCUT2D eigenvalue weighted by atomic mass is 35.5. The summed E-state index contributed by atoms with van der Waals surface area (Å²) in [5.74, 6) is -4.09. The molecule has 10 nitrogen and oxygen atoms in total. The number of allylic oxidation sites excluding steroid dienone is 2. The van der Waals surface area contributed by atoms with Crippen LogP contribution in [0.15, 0.2) is 54.1 Å². The molecule has 3 fully saturated rings. The largest absolute Gasteiger partial charge is 0.504 e. The molecule has 2 aromatic carbocycles. The van der Waals surface area contributed by atoms with Gasteiger partial charge in [-0.25, -0.2) is 4.90 Å². The second-order valence-electron chi connectivity index (χ2n) is 13.5. The lowest BCUT2D eigenvalue weighted by Crippen LogP contribution is -2.48. The number of benzene rings is 2. The van der Waals surface area contributed by atoms with Gasteiger partial charge in [-0.2, -0.15) is 5.10 Å². The number of methoxy groups -OCH3 is 1. The zero-order valence-electron chi connectivity index (χ0n) is 27.0. The minimum absolute atomic E-state index is 0.124. The summed E-state index contributed by atoms with van der Waals surface area (Å²) in [6.45, 7) is 3.79. The number of anilines is 1. The lowest BCUT2D eigenvalue weighted by Gasteiger charge is -2.49. The van der Waals surface area contributed by atoms with Gasteiger partial charge < -0.3 is 9.84 Å². The maximum absolute atomic E-state index is 14.9. The number of nitrogens with zero attached hydrogens (tertiary/aromatic N) is 4. The van der Waals surface area contributed by atoms with Gasteiger partial charge in [0.2, 0.25) is 23.6 Å². The monoisotopic (exact) mass is 684 g/mol. The number of halogens is 1. The lowest BCUT2D eigenvalue weighted by molar-refractivity contribution is -0.138. The van der Waals surface area contributed by atoms with Gasteiger partial charge in [0, 0.05) is 41.4 Å². The van der Waals surface area contributed by atoms with Crippen LogP contribution >= 0.6 is 22.9 Å². The smallest absolute Gasteiger partial charge is 0.242 e. The molecule has 2 aliphatic carbocycles. The first-order valence-corrected chi connectivity index (χ1v) is 17.1. The van der Waals surface area contributed by atoms with Crippen molar-refractivity contribution in [1.29, 1.82) is 0 Å². The number of carbonyl (C=O) groups is 4. The lowest BCUT2D eigenvalue weighted by atomic mass is 9.51. The van der Waals surface area contributed by atoms with Gasteiger partial charge in [0.05, 0.1) is 35.2 Å². The number of fused-ring (bicyclic) bond motifs is 5. The van der Waals surface area contributed by atoms with Gasteiger partial charge in [-0.3, -0.25) is 28.8 Å². The van der Waals surface area contributed by atoms with E-state index >= 15 is 0 Å². The Balaban J connectivity index is 1.27. The van der Waals surface area contributed by atoms with Crippen LogP contribution in [0.3, 0.4) is 0 Å². The van der Waals surface area contributed by atoms with Crippen molar-refractivity contribution in [2.75, 3.05) is 19.1 Å². The van der Waals surface area contributed by atoms with Crippen LogP contribution in [0, 0.1) is 36.0 Å². The van der Waals surface area contributed by atoms with E-state index in [1.807, 2.05) is 31.2 Å². The fourth-order valence-corrected chi connectivity index (χ4v) is 10.2. The highest BCUT2D eigenvalue weighted by Crippen LogP contribution is 2.64. The van der Waals surface area contributed by atoms with E-state index in [1.165, 1.54) is 24.0 Å². The molecule has 4 amide bonds. The quantitative estimate of drug-likeness (QED) is 0.212. The van der Waals surface area contributed by atoms with E-state index < -0.39 is 46.8 Å².